The smallest absolute Gasteiger partial charge is 0.478 e. The number of amides is 2. The van der Waals surface area contributed by atoms with E-state index in [9.17, 15) is 57.9 Å². The van der Waals surface area contributed by atoms with Crippen molar-refractivity contribution in [3.8, 4) is 0 Å². The summed E-state index contributed by atoms with van der Waals surface area (Å²) in [6.45, 7) is 5.45. The van der Waals surface area contributed by atoms with Crippen LogP contribution in [0.5, 0.6) is 0 Å². The first-order valence-electron chi connectivity index (χ1n) is 14.7. The number of aliphatic hydroxyl groups is 2. The van der Waals surface area contributed by atoms with Crippen LogP contribution in [0.25, 0.3) is 11.2 Å². The molecule has 292 valence electrons. The Kier molecular flexibility index (Phi) is 14.8. The predicted octanol–water partition coefficient (Wildman–Crippen LogP) is -2.90. The van der Waals surface area contributed by atoms with Gasteiger partial charge in [0.15, 0.2) is 23.8 Å². The number of nitrogens with zero attached hydrogens (tertiary/aromatic N) is 4. The van der Waals surface area contributed by atoms with E-state index >= 15 is 0 Å². The van der Waals surface area contributed by atoms with Gasteiger partial charge in [-0.05, 0) is 26.3 Å². The number of carbonyl (C=O) groups is 3. The number of ether oxygens (including phenoxy) is 1. The molecule has 2 aromatic heterocycles. The fourth-order valence-corrected chi connectivity index (χ4v) is 7.89. The molecule has 0 aliphatic carbocycles. The Morgan fingerprint density at radius 1 is 1.17 bits per heavy atom. The second-order valence-electron chi connectivity index (χ2n) is 11.4. The summed E-state index contributed by atoms with van der Waals surface area (Å²) >= 11 is 0.951. The van der Waals surface area contributed by atoms with E-state index in [1.54, 1.807) is 6.92 Å². The first-order valence-corrected chi connectivity index (χ1v) is 20.1. The molecule has 2 aromatic rings. The van der Waals surface area contributed by atoms with E-state index in [-0.39, 0.29) is 47.4 Å². The number of carbonyl (C=O) groups excluding carboxylic acids is 3. The van der Waals surface area contributed by atoms with E-state index in [4.69, 9.17) is 10.5 Å². The van der Waals surface area contributed by atoms with Gasteiger partial charge in [-0.3, -0.25) is 28.0 Å². The lowest BCUT2D eigenvalue weighted by molar-refractivity contribution is -0.347. The maximum absolute atomic E-state index is 12.6. The third-order valence-electron chi connectivity index (χ3n) is 6.74. The van der Waals surface area contributed by atoms with Crippen molar-refractivity contribution in [3.63, 3.8) is 0 Å². The van der Waals surface area contributed by atoms with Crippen LogP contribution in [0, 0.1) is 0 Å². The Morgan fingerprint density at radius 2 is 1.85 bits per heavy atom. The first kappa shape index (κ1) is 43.7. The van der Waals surface area contributed by atoms with Crippen molar-refractivity contribution in [2.75, 3.05) is 31.2 Å². The Labute approximate surface area is 298 Å². The van der Waals surface area contributed by atoms with Crippen LogP contribution in [-0.4, -0.2) is 107 Å². The van der Waals surface area contributed by atoms with Crippen LogP contribution in [0.4, 0.5) is 5.82 Å². The highest BCUT2D eigenvalue weighted by Crippen LogP contribution is 2.60. The van der Waals surface area contributed by atoms with Gasteiger partial charge in [-0.1, -0.05) is 18.3 Å². The van der Waals surface area contributed by atoms with Gasteiger partial charge in [-0.2, -0.15) is 0 Å². The number of nitrogens with two attached hydrogens (primary N) is 1. The number of rotatable bonds is 19. The van der Waals surface area contributed by atoms with Gasteiger partial charge in [0.1, 0.15) is 35.8 Å². The Morgan fingerprint density at radius 3 is 2.48 bits per heavy atom. The summed E-state index contributed by atoms with van der Waals surface area (Å²) in [5.74, 6) is -1.52. The van der Waals surface area contributed by atoms with E-state index < -0.39 is 78.1 Å². The molecule has 28 heteroatoms. The highest BCUT2D eigenvalue weighted by molar-refractivity contribution is 8.14. The molecule has 1 aliphatic heterocycles. The lowest BCUT2D eigenvalue weighted by Crippen LogP contribution is -2.50. The molecule has 52 heavy (non-hydrogen) atoms. The van der Waals surface area contributed by atoms with Crippen molar-refractivity contribution in [1.29, 1.82) is 0 Å². The normalized spacial score (nSPS) is 22.3. The van der Waals surface area contributed by atoms with Gasteiger partial charge >= 0.3 is 7.82 Å². The number of hydrogen-bond donors (Lipinski definition) is 6. The topological polar surface area (TPSA) is 372 Å². The Balaban J connectivity index is 1.56. The second kappa shape index (κ2) is 17.6. The van der Waals surface area contributed by atoms with Crippen molar-refractivity contribution in [2.24, 2.45) is 0 Å². The molecule has 1 aliphatic rings. The van der Waals surface area contributed by atoms with E-state index in [0.717, 1.165) is 42.8 Å². The molecular formula is C24H35N7O17P3S-3. The number of fused-ring (bicyclic) bond motifs is 1. The van der Waals surface area contributed by atoms with Gasteiger partial charge in [0, 0.05) is 25.3 Å². The lowest BCUT2D eigenvalue weighted by Gasteiger charge is -2.36. The standard InChI is InChI=1S/C24H38N7O17P3S/c1-12(2)23(36)52-8-7-26-14(32)5-6-27-21(35)18(34)24(3,4)47-51(42,43)48-50(40,41)44-9-13-17(46-49(37,38)39)16(33)22(45-13)31-11-30-15-19(25)28-10-29-20(15)31/h10-11,13,16-18,22,33-34H,1,5-9H2,2-4H3,(H,26,32)(H,27,35)(H,40,41)(H,42,43)(H2,25,28,29)(H2,37,38,39)/p-3/t13?,16?,17?,18-,22?/m0/s1. The average molecular weight is 819 g/mol. The number of aliphatic hydroxyl groups excluding tert-OH is 2. The number of thioether (sulfide) groups is 1. The number of imidazole rings is 1. The molecule has 1 saturated heterocycles. The summed E-state index contributed by atoms with van der Waals surface area (Å²) in [4.78, 5) is 93.0. The summed E-state index contributed by atoms with van der Waals surface area (Å²) in [7, 11) is -17.5. The molecule has 2 amide bonds. The van der Waals surface area contributed by atoms with Crippen LogP contribution in [0.3, 0.4) is 0 Å². The summed E-state index contributed by atoms with van der Waals surface area (Å²) in [5.41, 5.74) is 3.76. The molecular weight excluding hydrogens is 783 g/mol. The highest BCUT2D eigenvalue weighted by atomic mass is 32.2. The number of aromatic nitrogens is 4. The summed E-state index contributed by atoms with van der Waals surface area (Å²) in [6.07, 6.45) is -7.93. The zero-order chi connectivity index (χ0) is 39.2. The fourth-order valence-electron chi connectivity index (χ4n) is 4.35. The van der Waals surface area contributed by atoms with Crippen LogP contribution in [0.2, 0.25) is 0 Å². The largest absolute Gasteiger partial charge is 0.790 e. The minimum Gasteiger partial charge on any atom is -0.790 e. The molecule has 0 radical (unpaired) electrons. The fraction of sp³-hybridized carbons (Fsp3) is 0.583. The van der Waals surface area contributed by atoms with E-state index in [1.165, 1.54) is 0 Å². The summed E-state index contributed by atoms with van der Waals surface area (Å²) in [6, 6.07) is 0. The van der Waals surface area contributed by atoms with Gasteiger partial charge < -0.3 is 64.5 Å². The minimum atomic E-state index is -5.93. The molecule has 3 rings (SSSR count). The van der Waals surface area contributed by atoms with Crippen molar-refractivity contribution in [2.45, 2.75) is 63.4 Å². The third kappa shape index (κ3) is 12.4. The minimum absolute atomic E-state index is 0.0200. The van der Waals surface area contributed by atoms with Gasteiger partial charge in [0.2, 0.25) is 11.0 Å². The van der Waals surface area contributed by atoms with Crippen LogP contribution in [-0.2, 0) is 50.7 Å². The number of phosphoric ester groups is 3. The van der Waals surface area contributed by atoms with Gasteiger partial charge in [-0.15, -0.1) is 0 Å². The van der Waals surface area contributed by atoms with Gasteiger partial charge in [0.05, 0.1) is 20.8 Å². The number of nitrogens with one attached hydrogen (secondary N) is 2. The van der Waals surface area contributed by atoms with Crippen LogP contribution in [0.1, 0.15) is 33.4 Å². The van der Waals surface area contributed by atoms with Crippen molar-refractivity contribution >= 4 is 69.1 Å². The molecule has 0 spiro atoms. The Bertz CT molecular complexity index is 1790. The highest BCUT2D eigenvalue weighted by Gasteiger charge is 2.48. The molecule has 7 atom stereocenters. The monoisotopic (exact) mass is 818 g/mol. The molecule has 0 bridgehead atoms. The number of anilines is 1. The maximum atomic E-state index is 12.6. The maximum Gasteiger partial charge on any atom is 0.478 e. The zero-order valence-electron chi connectivity index (χ0n) is 27.5. The van der Waals surface area contributed by atoms with Crippen LogP contribution in [0.15, 0.2) is 24.8 Å². The van der Waals surface area contributed by atoms with E-state index in [1.807, 2.05) is 0 Å². The van der Waals surface area contributed by atoms with Crippen LogP contribution < -0.4 is 31.0 Å². The molecule has 24 nitrogen and oxygen atoms in total. The van der Waals surface area contributed by atoms with Crippen LogP contribution >= 0.6 is 35.2 Å². The number of phosphoric acid groups is 3. The molecule has 7 N–H and O–H groups in total. The predicted molar refractivity (Wildman–Crippen MR) is 171 cm³/mol. The summed E-state index contributed by atoms with van der Waals surface area (Å²) < 4.78 is 60.9. The van der Waals surface area contributed by atoms with E-state index in [2.05, 4.69) is 50.0 Å². The zero-order valence-corrected chi connectivity index (χ0v) is 31.0. The van der Waals surface area contributed by atoms with Crippen molar-refractivity contribution in [3.05, 3.63) is 24.8 Å². The first-order chi connectivity index (χ1) is 23.9. The Hall–Kier alpha value is -2.70. The average Bonchev–Trinajstić information content (AvgIpc) is 3.57. The number of hydrogen-bond acceptors (Lipinski definition) is 21. The SMILES string of the molecule is C=C(C)C(=O)SCCNC(=O)CCNC(=O)[C@H](O)C(C)(C)OP(=O)([O-])OP(=O)(O)OCC1OC(n2cnc3c(N)ncnc32)C(O)C1OP(=O)([O-])[O-]. The van der Waals surface area contributed by atoms with E-state index in [0.29, 0.717) is 5.57 Å². The van der Waals surface area contributed by atoms with Crippen molar-refractivity contribution in [1.82, 2.24) is 30.2 Å². The number of nitrogen functional groups attached to an aromatic ring is 1. The van der Waals surface area contributed by atoms with Gasteiger partial charge in [-0.25, -0.2) is 23.8 Å². The van der Waals surface area contributed by atoms with Crippen molar-refractivity contribution < 1.29 is 80.5 Å². The summed E-state index contributed by atoms with van der Waals surface area (Å²) in [5, 5.41) is 25.7. The second-order valence-corrected chi connectivity index (χ2v) is 16.5. The third-order valence-corrected chi connectivity index (χ3v) is 11.1. The molecule has 3 heterocycles. The molecule has 0 saturated carbocycles. The molecule has 6 unspecified atom stereocenters. The lowest BCUT2D eigenvalue weighted by atomic mass is 10.0. The molecule has 1 fully saturated rings. The van der Waals surface area contributed by atoms with Gasteiger partial charge in [0.25, 0.3) is 13.7 Å². The molecule has 0 aromatic carbocycles. The quantitative estimate of drug-likeness (QED) is 0.0470.